The van der Waals surface area contributed by atoms with Crippen molar-refractivity contribution in [2.45, 2.75) is 6.92 Å². The first kappa shape index (κ1) is 18.7. The maximum atomic E-state index is 13.4. The quantitative estimate of drug-likeness (QED) is 0.239. The number of carbonyl (C=O) groups excluding carboxylic acids is 1. The van der Waals surface area contributed by atoms with Crippen molar-refractivity contribution in [1.82, 2.24) is 0 Å². The molecule has 5 heteroatoms. The molecule has 1 heterocycles. The van der Waals surface area contributed by atoms with Crippen molar-refractivity contribution in [3.05, 3.63) is 81.7 Å². The molecule has 0 saturated heterocycles. The normalized spacial score (nSPS) is 11.0. The predicted octanol–water partition coefficient (Wildman–Crippen LogP) is 6.69. The first-order chi connectivity index (χ1) is 13.6. The molecule has 0 atom stereocenters. The molecule has 28 heavy (non-hydrogen) atoms. The molecule has 3 nitrogen and oxygen atoms in total. The van der Waals surface area contributed by atoms with Gasteiger partial charge in [0.2, 0.25) is 0 Å². The molecule has 0 saturated carbocycles. The fraction of sp³-hybridized carbons (Fsp3) is 0.0870. The van der Waals surface area contributed by atoms with Crippen LogP contribution < -0.4 is 0 Å². The van der Waals surface area contributed by atoms with E-state index in [0.717, 1.165) is 14.7 Å². The van der Waals surface area contributed by atoms with E-state index in [9.17, 15) is 9.18 Å². The van der Waals surface area contributed by atoms with E-state index in [-0.39, 0.29) is 12.4 Å². The molecule has 0 bridgehead atoms. The summed E-state index contributed by atoms with van der Waals surface area (Å²) in [6.07, 6.45) is 0. The van der Waals surface area contributed by atoms with E-state index in [1.54, 1.807) is 19.1 Å². The lowest BCUT2D eigenvalue weighted by atomic mass is 10.0. The van der Waals surface area contributed by atoms with Crippen molar-refractivity contribution in [3.8, 4) is 22.5 Å². The van der Waals surface area contributed by atoms with Gasteiger partial charge in [0, 0.05) is 14.5 Å². The van der Waals surface area contributed by atoms with Gasteiger partial charge in [-0.05, 0) is 77.0 Å². The van der Waals surface area contributed by atoms with Gasteiger partial charge >= 0.3 is 5.97 Å². The van der Waals surface area contributed by atoms with Crippen LogP contribution in [0.25, 0.3) is 33.4 Å². The SMILES string of the molecule is CCOC(=O)c1c(-c2ccc(F)cc2)oc2cc(I)c(-c3ccccc3)cc12. The van der Waals surface area contributed by atoms with Gasteiger partial charge in [-0.2, -0.15) is 0 Å². The van der Waals surface area contributed by atoms with Crippen LogP contribution in [0.4, 0.5) is 4.39 Å². The fourth-order valence-electron chi connectivity index (χ4n) is 3.17. The minimum atomic E-state index is -0.458. The molecule has 4 rings (SSSR count). The van der Waals surface area contributed by atoms with Crippen molar-refractivity contribution in [2.75, 3.05) is 6.61 Å². The van der Waals surface area contributed by atoms with E-state index >= 15 is 0 Å². The van der Waals surface area contributed by atoms with Crippen molar-refractivity contribution in [3.63, 3.8) is 0 Å². The molecule has 0 unspecified atom stereocenters. The van der Waals surface area contributed by atoms with Gasteiger partial charge in [-0.1, -0.05) is 30.3 Å². The summed E-state index contributed by atoms with van der Waals surface area (Å²) in [6, 6.07) is 19.7. The van der Waals surface area contributed by atoms with Crippen LogP contribution >= 0.6 is 22.6 Å². The number of hydrogen-bond donors (Lipinski definition) is 0. The summed E-state index contributed by atoms with van der Waals surface area (Å²) in [5, 5.41) is 0.678. The second kappa shape index (κ2) is 7.75. The molecule has 0 aliphatic rings. The molecule has 0 aliphatic heterocycles. The highest BCUT2D eigenvalue weighted by atomic mass is 127. The zero-order valence-corrected chi connectivity index (χ0v) is 17.2. The Morgan fingerprint density at radius 1 is 1.04 bits per heavy atom. The highest BCUT2D eigenvalue weighted by Gasteiger charge is 2.24. The molecule has 0 amide bonds. The summed E-state index contributed by atoms with van der Waals surface area (Å²) in [7, 11) is 0. The Bertz CT molecular complexity index is 1150. The monoisotopic (exact) mass is 486 g/mol. The minimum absolute atomic E-state index is 0.254. The lowest BCUT2D eigenvalue weighted by Gasteiger charge is -2.06. The number of carbonyl (C=O) groups is 1. The Morgan fingerprint density at radius 3 is 2.43 bits per heavy atom. The molecule has 1 aromatic heterocycles. The molecular formula is C23H16FIO3. The lowest BCUT2D eigenvalue weighted by molar-refractivity contribution is 0.0529. The highest BCUT2D eigenvalue weighted by molar-refractivity contribution is 14.1. The van der Waals surface area contributed by atoms with E-state index in [1.807, 2.05) is 42.5 Å². The van der Waals surface area contributed by atoms with Crippen molar-refractivity contribution >= 4 is 39.5 Å². The Hall–Kier alpha value is -2.67. The summed E-state index contributed by atoms with van der Waals surface area (Å²) in [6.45, 7) is 2.01. The topological polar surface area (TPSA) is 39.4 Å². The molecular weight excluding hydrogens is 470 g/mol. The van der Waals surface area contributed by atoms with E-state index in [1.165, 1.54) is 12.1 Å². The van der Waals surface area contributed by atoms with Gasteiger partial charge in [-0.25, -0.2) is 9.18 Å². The van der Waals surface area contributed by atoms with E-state index in [4.69, 9.17) is 9.15 Å². The molecule has 0 aliphatic carbocycles. The highest BCUT2D eigenvalue weighted by Crippen LogP contribution is 2.38. The summed E-state index contributed by atoms with van der Waals surface area (Å²) in [4.78, 5) is 12.8. The number of hydrogen-bond acceptors (Lipinski definition) is 3. The van der Waals surface area contributed by atoms with E-state index in [0.29, 0.717) is 27.9 Å². The van der Waals surface area contributed by atoms with Crippen LogP contribution in [0.5, 0.6) is 0 Å². The second-order valence-corrected chi connectivity index (χ2v) is 7.39. The summed E-state index contributed by atoms with van der Waals surface area (Å²) < 4.78 is 25.7. The first-order valence-corrected chi connectivity index (χ1v) is 9.91. The molecule has 0 fully saturated rings. The third-order valence-electron chi connectivity index (χ3n) is 4.45. The smallest absolute Gasteiger partial charge is 0.342 e. The summed E-state index contributed by atoms with van der Waals surface area (Å²) in [5.41, 5.74) is 3.62. The zero-order chi connectivity index (χ0) is 19.7. The van der Waals surface area contributed by atoms with Gasteiger partial charge in [0.1, 0.15) is 22.7 Å². The van der Waals surface area contributed by atoms with Crippen molar-refractivity contribution in [2.24, 2.45) is 0 Å². The van der Waals surface area contributed by atoms with Crippen LogP contribution in [-0.4, -0.2) is 12.6 Å². The Morgan fingerprint density at radius 2 is 1.75 bits per heavy atom. The van der Waals surface area contributed by atoms with Gasteiger partial charge < -0.3 is 9.15 Å². The Kier molecular flexibility index (Phi) is 5.17. The number of fused-ring (bicyclic) bond motifs is 1. The van der Waals surface area contributed by atoms with E-state index in [2.05, 4.69) is 22.6 Å². The summed E-state index contributed by atoms with van der Waals surface area (Å²) in [5.74, 6) is -0.422. The number of rotatable bonds is 4. The zero-order valence-electron chi connectivity index (χ0n) is 15.0. The van der Waals surface area contributed by atoms with Gasteiger partial charge in [0.05, 0.1) is 6.61 Å². The summed E-state index contributed by atoms with van der Waals surface area (Å²) >= 11 is 2.26. The third kappa shape index (κ3) is 3.42. The molecule has 0 spiro atoms. The van der Waals surface area contributed by atoms with Crippen LogP contribution in [0.2, 0.25) is 0 Å². The van der Waals surface area contributed by atoms with E-state index < -0.39 is 5.97 Å². The largest absolute Gasteiger partial charge is 0.462 e. The fourth-order valence-corrected chi connectivity index (χ4v) is 3.92. The number of halogens is 2. The maximum absolute atomic E-state index is 13.4. The van der Waals surface area contributed by atoms with Crippen molar-refractivity contribution in [1.29, 1.82) is 0 Å². The van der Waals surface area contributed by atoms with Crippen LogP contribution in [-0.2, 0) is 4.74 Å². The number of ether oxygens (including phenoxy) is 1. The van der Waals surface area contributed by atoms with Gasteiger partial charge in [-0.15, -0.1) is 0 Å². The molecule has 3 aromatic carbocycles. The average molecular weight is 486 g/mol. The standard InChI is InChI=1S/C23H16FIO3/c1-2-27-23(26)21-18-12-17(14-6-4-3-5-7-14)19(25)13-20(18)28-22(21)15-8-10-16(24)11-9-15/h3-13H,2H2,1H3. The molecule has 4 aromatic rings. The lowest BCUT2D eigenvalue weighted by Crippen LogP contribution is -2.05. The predicted molar refractivity (Wildman–Crippen MR) is 116 cm³/mol. The molecule has 0 radical (unpaired) electrons. The Labute approximate surface area is 175 Å². The van der Waals surface area contributed by atoms with Crippen LogP contribution in [0.15, 0.2) is 71.1 Å². The number of benzene rings is 3. The second-order valence-electron chi connectivity index (χ2n) is 6.23. The van der Waals surface area contributed by atoms with Crippen LogP contribution in [0.3, 0.4) is 0 Å². The van der Waals surface area contributed by atoms with Gasteiger partial charge in [-0.3, -0.25) is 0 Å². The minimum Gasteiger partial charge on any atom is -0.462 e. The maximum Gasteiger partial charge on any atom is 0.342 e. The van der Waals surface area contributed by atoms with Crippen LogP contribution in [0, 0.1) is 9.39 Å². The van der Waals surface area contributed by atoms with Crippen LogP contribution in [0.1, 0.15) is 17.3 Å². The van der Waals surface area contributed by atoms with Crippen molar-refractivity contribution < 1.29 is 18.3 Å². The van der Waals surface area contributed by atoms with Gasteiger partial charge in [0.15, 0.2) is 0 Å². The number of esters is 1. The third-order valence-corrected chi connectivity index (χ3v) is 5.34. The first-order valence-electron chi connectivity index (χ1n) is 8.83. The molecule has 140 valence electrons. The van der Waals surface area contributed by atoms with Gasteiger partial charge in [0.25, 0.3) is 0 Å². The Balaban J connectivity index is 1.98. The average Bonchev–Trinajstić information content (AvgIpc) is 3.07. The molecule has 0 N–H and O–H groups in total. The number of furan rings is 1.